The van der Waals surface area contributed by atoms with Crippen LogP contribution in [-0.4, -0.2) is 49.3 Å². The lowest BCUT2D eigenvalue weighted by molar-refractivity contribution is -0.192. The summed E-state index contributed by atoms with van der Waals surface area (Å²) in [6, 6.07) is 11.6. The third kappa shape index (κ3) is 5.65. The second-order valence-corrected chi connectivity index (χ2v) is 6.21. The number of alkyl halides is 3. The fourth-order valence-electron chi connectivity index (χ4n) is 2.53. The molecule has 0 atom stereocenters. The summed E-state index contributed by atoms with van der Waals surface area (Å²) in [5, 5.41) is 7.12. The number of carboxylic acids is 1. The van der Waals surface area contributed by atoms with E-state index in [1.807, 2.05) is 36.4 Å². The molecule has 164 valence electrons. The molecule has 0 aliphatic rings. The van der Waals surface area contributed by atoms with Crippen LogP contribution in [-0.2, 0) is 4.79 Å². The Hall–Kier alpha value is -4.28. The van der Waals surface area contributed by atoms with Gasteiger partial charge in [0.1, 0.15) is 11.4 Å². The molecule has 4 heterocycles. The minimum Gasteiger partial charge on any atom is -0.495 e. The zero-order chi connectivity index (χ0) is 23.1. The highest BCUT2D eigenvalue weighted by Gasteiger charge is 2.38. The van der Waals surface area contributed by atoms with Gasteiger partial charge < -0.3 is 14.8 Å². The molecular weight excluding hydrogens is 427 g/mol. The van der Waals surface area contributed by atoms with Gasteiger partial charge in [0.25, 0.3) is 0 Å². The fourth-order valence-corrected chi connectivity index (χ4v) is 2.53. The van der Waals surface area contributed by atoms with Crippen molar-refractivity contribution in [2.24, 2.45) is 0 Å². The fraction of sp³-hybridized carbons (Fsp3) is 0.0952. The zero-order valence-electron chi connectivity index (χ0n) is 16.5. The van der Waals surface area contributed by atoms with E-state index in [-0.39, 0.29) is 0 Å². The van der Waals surface area contributed by atoms with Crippen molar-refractivity contribution in [1.29, 1.82) is 0 Å². The van der Waals surface area contributed by atoms with Gasteiger partial charge in [0.15, 0.2) is 5.82 Å². The Morgan fingerprint density at radius 2 is 1.72 bits per heavy atom. The Labute approximate surface area is 179 Å². The van der Waals surface area contributed by atoms with Gasteiger partial charge in [-0.1, -0.05) is 6.07 Å². The van der Waals surface area contributed by atoms with E-state index in [0.29, 0.717) is 11.6 Å². The monoisotopic (exact) mass is 443 g/mol. The van der Waals surface area contributed by atoms with Crippen LogP contribution in [0.2, 0.25) is 0 Å². The number of methoxy groups -OCH3 is 1. The van der Waals surface area contributed by atoms with Gasteiger partial charge in [-0.3, -0.25) is 15.0 Å². The smallest absolute Gasteiger partial charge is 0.490 e. The molecule has 0 saturated carbocycles. The summed E-state index contributed by atoms with van der Waals surface area (Å²) in [5.41, 5.74) is 4.40. The maximum atomic E-state index is 10.6. The van der Waals surface area contributed by atoms with Crippen molar-refractivity contribution >= 4 is 5.97 Å². The molecule has 0 unspecified atom stereocenters. The van der Waals surface area contributed by atoms with Gasteiger partial charge in [0, 0.05) is 24.2 Å². The standard InChI is InChI=1S/C19H15N5O.C2HF3O2/c1-25-15-8-14(10-20-11-15)13-5-7-22-17(9-13)19-23-12-18(24-19)16-4-2-3-6-21-16;3-2(4,5)1(6)7/h2-12H,1H3,(H,23,24);(H,6,7). The van der Waals surface area contributed by atoms with E-state index < -0.39 is 12.1 Å². The quantitative estimate of drug-likeness (QED) is 0.485. The number of halogens is 3. The van der Waals surface area contributed by atoms with Crippen LogP contribution < -0.4 is 4.74 Å². The minimum atomic E-state index is -5.08. The van der Waals surface area contributed by atoms with Crippen LogP contribution in [0, 0.1) is 0 Å². The van der Waals surface area contributed by atoms with Gasteiger partial charge in [0.05, 0.1) is 30.9 Å². The molecule has 0 amide bonds. The van der Waals surface area contributed by atoms with Crippen LogP contribution in [0.25, 0.3) is 34.0 Å². The van der Waals surface area contributed by atoms with Gasteiger partial charge in [-0.15, -0.1) is 0 Å². The first-order chi connectivity index (χ1) is 15.3. The molecule has 32 heavy (non-hydrogen) atoms. The number of pyridine rings is 3. The van der Waals surface area contributed by atoms with Gasteiger partial charge in [-0.05, 0) is 35.9 Å². The Morgan fingerprint density at radius 1 is 0.969 bits per heavy atom. The number of H-pyrrole nitrogens is 1. The first-order valence-electron chi connectivity index (χ1n) is 9.00. The highest BCUT2D eigenvalue weighted by Crippen LogP contribution is 2.26. The average Bonchev–Trinajstić information content (AvgIpc) is 3.30. The van der Waals surface area contributed by atoms with E-state index in [9.17, 15) is 13.2 Å². The van der Waals surface area contributed by atoms with Crippen molar-refractivity contribution in [2.75, 3.05) is 7.11 Å². The minimum absolute atomic E-state index is 0.693. The summed E-state index contributed by atoms with van der Waals surface area (Å²) in [4.78, 5) is 29.5. The van der Waals surface area contributed by atoms with Crippen molar-refractivity contribution in [2.45, 2.75) is 6.18 Å². The molecule has 0 spiro atoms. The molecule has 4 rings (SSSR count). The number of nitrogens with zero attached hydrogens (tertiary/aromatic N) is 4. The maximum absolute atomic E-state index is 10.6. The molecule has 4 aromatic rings. The van der Waals surface area contributed by atoms with Crippen molar-refractivity contribution < 1.29 is 27.8 Å². The Kier molecular flexibility index (Phi) is 6.78. The molecule has 0 aromatic carbocycles. The number of hydrogen-bond donors (Lipinski definition) is 2. The summed E-state index contributed by atoms with van der Waals surface area (Å²) in [6.07, 6.45) is 3.66. The number of carboxylic acid groups (broad SMARTS) is 1. The topological polar surface area (TPSA) is 114 Å². The lowest BCUT2D eigenvalue weighted by Gasteiger charge is -2.05. The van der Waals surface area contributed by atoms with Crippen LogP contribution in [0.1, 0.15) is 0 Å². The zero-order valence-corrected chi connectivity index (χ0v) is 16.5. The van der Waals surface area contributed by atoms with Crippen LogP contribution >= 0.6 is 0 Å². The molecule has 2 N–H and O–H groups in total. The first kappa shape index (κ1) is 22.4. The van der Waals surface area contributed by atoms with Crippen molar-refractivity contribution in [3.8, 4) is 39.8 Å². The molecular formula is C21H16F3N5O3. The third-order valence-corrected chi connectivity index (χ3v) is 4.04. The van der Waals surface area contributed by atoms with Gasteiger partial charge in [-0.2, -0.15) is 13.2 Å². The molecule has 0 aliphatic carbocycles. The van der Waals surface area contributed by atoms with E-state index in [2.05, 4.69) is 24.9 Å². The van der Waals surface area contributed by atoms with E-state index in [1.165, 1.54) is 0 Å². The van der Waals surface area contributed by atoms with Gasteiger partial charge in [-0.25, -0.2) is 9.78 Å². The molecule has 8 nitrogen and oxygen atoms in total. The summed E-state index contributed by atoms with van der Waals surface area (Å²) < 4.78 is 37.0. The van der Waals surface area contributed by atoms with Crippen LogP contribution in [0.15, 0.2) is 67.4 Å². The van der Waals surface area contributed by atoms with Gasteiger partial charge >= 0.3 is 12.1 Å². The number of carbonyl (C=O) groups is 1. The lowest BCUT2D eigenvalue weighted by atomic mass is 10.1. The number of rotatable bonds is 4. The van der Waals surface area contributed by atoms with Crippen LogP contribution in [0.3, 0.4) is 0 Å². The van der Waals surface area contributed by atoms with Crippen molar-refractivity contribution in [3.63, 3.8) is 0 Å². The Balaban J connectivity index is 0.000000360. The van der Waals surface area contributed by atoms with Crippen molar-refractivity contribution in [3.05, 3.63) is 67.4 Å². The molecule has 0 aliphatic heterocycles. The molecule has 0 radical (unpaired) electrons. The predicted molar refractivity (Wildman–Crippen MR) is 109 cm³/mol. The van der Waals surface area contributed by atoms with E-state index in [0.717, 1.165) is 28.2 Å². The number of nitrogens with one attached hydrogen (secondary N) is 1. The predicted octanol–water partition coefficient (Wildman–Crippen LogP) is 4.24. The second kappa shape index (κ2) is 9.69. The van der Waals surface area contributed by atoms with Crippen LogP contribution in [0.4, 0.5) is 13.2 Å². The largest absolute Gasteiger partial charge is 0.495 e. The van der Waals surface area contributed by atoms with E-state index >= 15 is 0 Å². The maximum Gasteiger partial charge on any atom is 0.490 e. The summed E-state index contributed by atoms with van der Waals surface area (Å²) in [5.74, 6) is -1.35. The number of aromatic nitrogens is 5. The highest BCUT2D eigenvalue weighted by molar-refractivity contribution is 5.73. The number of aromatic amines is 1. The SMILES string of the molecule is COc1cncc(-c2ccnc(-c3ncc(-c4ccccn4)[nH]3)c2)c1.O=C(O)C(F)(F)F. The third-order valence-electron chi connectivity index (χ3n) is 4.04. The second-order valence-electron chi connectivity index (χ2n) is 6.21. The normalized spacial score (nSPS) is 10.8. The number of hydrogen-bond acceptors (Lipinski definition) is 6. The van der Waals surface area contributed by atoms with E-state index in [1.54, 1.807) is 38.1 Å². The summed E-state index contributed by atoms with van der Waals surface area (Å²) in [6.45, 7) is 0. The number of imidazole rings is 1. The molecule has 11 heteroatoms. The number of aliphatic carboxylic acids is 1. The molecule has 0 bridgehead atoms. The first-order valence-corrected chi connectivity index (χ1v) is 9.00. The summed E-state index contributed by atoms with van der Waals surface area (Å²) >= 11 is 0. The molecule has 0 fully saturated rings. The molecule has 4 aromatic heterocycles. The number of ether oxygens (including phenoxy) is 1. The Bertz CT molecular complexity index is 1200. The summed E-state index contributed by atoms with van der Waals surface area (Å²) in [7, 11) is 1.63. The lowest BCUT2D eigenvalue weighted by Crippen LogP contribution is -2.21. The average molecular weight is 443 g/mol. The van der Waals surface area contributed by atoms with Crippen LogP contribution in [0.5, 0.6) is 5.75 Å². The molecule has 0 saturated heterocycles. The highest BCUT2D eigenvalue weighted by atomic mass is 19.4. The van der Waals surface area contributed by atoms with Crippen molar-refractivity contribution in [1.82, 2.24) is 24.9 Å². The Morgan fingerprint density at radius 3 is 2.38 bits per heavy atom. The van der Waals surface area contributed by atoms with E-state index in [4.69, 9.17) is 14.6 Å². The van der Waals surface area contributed by atoms with Gasteiger partial charge in [0.2, 0.25) is 0 Å².